The lowest BCUT2D eigenvalue weighted by atomic mass is 9.93. The minimum Gasteiger partial charge on any atom is -0.345 e. The van der Waals surface area contributed by atoms with Crippen LogP contribution in [-0.2, 0) is 22.7 Å². The van der Waals surface area contributed by atoms with Crippen molar-refractivity contribution in [2.24, 2.45) is 11.3 Å². The van der Waals surface area contributed by atoms with Gasteiger partial charge < -0.3 is 14.4 Å². The molecule has 0 N–H and O–H groups in total. The number of aromatic nitrogens is 1. The summed E-state index contributed by atoms with van der Waals surface area (Å²) in [5.41, 5.74) is 1.63. The van der Waals surface area contributed by atoms with E-state index in [1.165, 1.54) is 6.42 Å². The highest BCUT2D eigenvalue weighted by Gasteiger charge is 2.32. The molecular weight excluding hydrogens is 470 g/mol. The number of rotatable bonds is 10. The van der Waals surface area contributed by atoms with E-state index in [1.54, 1.807) is 4.90 Å². The fourth-order valence-electron chi connectivity index (χ4n) is 4.94. The number of carbonyl (C=O) groups excluding carboxylic acids is 2. The maximum Gasteiger partial charge on any atom is 0.242 e. The van der Waals surface area contributed by atoms with Gasteiger partial charge in [0.1, 0.15) is 0 Å². The van der Waals surface area contributed by atoms with E-state index < -0.39 is 5.41 Å². The third kappa shape index (κ3) is 7.86. The van der Waals surface area contributed by atoms with Crippen molar-refractivity contribution >= 4 is 23.4 Å². The van der Waals surface area contributed by atoms with E-state index in [0.717, 1.165) is 48.4 Å². The average molecular weight is 514 g/mol. The van der Waals surface area contributed by atoms with Gasteiger partial charge in [0.15, 0.2) is 0 Å². The van der Waals surface area contributed by atoms with E-state index >= 15 is 0 Å². The van der Waals surface area contributed by atoms with Gasteiger partial charge in [-0.15, -0.1) is 0 Å². The summed E-state index contributed by atoms with van der Waals surface area (Å²) in [5.74, 6) is 0.564. The van der Waals surface area contributed by atoms with Crippen molar-refractivity contribution in [1.29, 1.82) is 0 Å². The van der Waals surface area contributed by atoms with Gasteiger partial charge in [-0.05, 0) is 48.9 Å². The van der Waals surface area contributed by atoms with E-state index in [2.05, 4.69) is 35.6 Å². The number of halogens is 1. The lowest BCUT2D eigenvalue weighted by molar-refractivity contribution is -0.147. The minimum absolute atomic E-state index is 0.0437. The number of carbonyl (C=O) groups is 2. The Labute approximate surface area is 222 Å². The van der Waals surface area contributed by atoms with Gasteiger partial charge in [0.05, 0.1) is 13.1 Å². The van der Waals surface area contributed by atoms with E-state index in [4.69, 9.17) is 11.6 Å². The monoisotopic (exact) mass is 513 g/mol. The Morgan fingerprint density at radius 1 is 1.06 bits per heavy atom. The molecule has 2 amide bonds. The summed E-state index contributed by atoms with van der Waals surface area (Å²) in [6, 6.07) is 12.2. The molecule has 1 fully saturated rings. The Bertz CT molecular complexity index is 1000. The topological polar surface area (TPSA) is 45.6 Å². The Balaban J connectivity index is 1.82. The molecule has 0 unspecified atom stereocenters. The molecule has 36 heavy (non-hydrogen) atoms. The summed E-state index contributed by atoms with van der Waals surface area (Å²) in [6.07, 6.45) is 8.51. The molecule has 0 atom stereocenters. The van der Waals surface area contributed by atoms with Crippen molar-refractivity contribution in [2.45, 2.75) is 92.3 Å². The summed E-state index contributed by atoms with van der Waals surface area (Å²) in [6.45, 7) is 12.1. The number of benzene rings is 1. The van der Waals surface area contributed by atoms with Gasteiger partial charge >= 0.3 is 0 Å². The van der Waals surface area contributed by atoms with E-state index in [0.29, 0.717) is 25.6 Å². The fraction of sp³-hybridized carbons (Fsp3) is 0.600. The largest absolute Gasteiger partial charge is 0.345 e. The molecule has 1 aromatic carbocycles. The van der Waals surface area contributed by atoms with Gasteiger partial charge in [-0.2, -0.15) is 0 Å². The SMILES string of the molecule is CC(C)CCN(CC(=O)N(Cc1cccn1Cc1ccccc1Cl)C1CCCCC1)C(=O)C(C)(C)C. The smallest absolute Gasteiger partial charge is 0.242 e. The normalized spacial score (nSPS) is 14.8. The average Bonchev–Trinajstić information content (AvgIpc) is 3.27. The highest BCUT2D eigenvalue weighted by molar-refractivity contribution is 6.31. The lowest BCUT2D eigenvalue weighted by Crippen LogP contribution is -2.50. The molecular formula is C30H44ClN3O2. The first-order chi connectivity index (χ1) is 17.1. The van der Waals surface area contributed by atoms with Gasteiger partial charge in [0.25, 0.3) is 0 Å². The Morgan fingerprint density at radius 3 is 2.39 bits per heavy atom. The van der Waals surface area contributed by atoms with Crippen LogP contribution in [0.25, 0.3) is 0 Å². The van der Waals surface area contributed by atoms with Crippen molar-refractivity contribution < 1.29 is 9.59 Å². The first-order valence-electron chi connectivity index (χ1n) is 13.5. The van der Waals surface area contributed by atoms with Crippen LogP contribution in [-0.4, -0.2) is 45.3 Å². The van der Waals surface area contributed by atoms with Crippen molar-refractivity contribution in [3.63, 3.8) is 0 Å². The van der Waals surface area contributed by atoms with Crippen LogP contribution in [0.15, 0.2) is 42.6 Å². The predicted octanol–water partition coefficient (Wildman–Crippen LogP) is 6.77. The maximum absolute atomic E-state index is 13.9. The molecule has 1 heterocycles. The molecule has 0 radical (unpaired) electrons. The number of hydrogen-bond acceptors (Lipinski definition) is 2. The first-order valence-corrected chi connectivity index (χ1v) is 13.9. The Morgan fingerprint density at radius 2 is 1.75 bits per heavy atom. The third-order valence-corrected chi connectivity index (χ3v) is 7.49. The van der Waals surface area contributed by atoms with E-state index in [1.807, 2.05) is 51.1 Å². The minimum atomic E-state index is -0.517. The second-order valence-electron chi connectivity index (χ2n) is 11.7. The molecule has 2 aromatic rings. The molecule has 0 saturated heterocycles. The van der Waals surface area contributed by atoms with Crippen LogP contribution in [0, 0.1) is 11.3 Å². The van der Waals surface area contributed by atoms with Crippen LogP contribution in [0.5, 0.6) is 0 Å². The Hall–Kier alpha value is -2.27. The highest BCUT2D eigenvalue weighted by Crippen LogP contribution is 2.26. The van der Waals surface area contributed by atoms with Gasteiger partial charge in [-0.3, -0.25) is 9.59 Å². The third-order valence-electron chi connectivity index (χ3n) is 7.12. The molecule has 0 aliphatic heterocycles. The quantitative estimate of drug-likeness (QED) is 0.352. The van der Waals surface area contributed by atoms with Crippen LogP contribution >= 0.6 is 11.6 Å². The molecule has 6 heteroatoms. The summed E-state index contributed by atoms with van der Waals surface area (Å²) in [7, 11) is 0. The molecule has 0 bridgehead atoms. The number of nitrogens with zero attached hydrogens (tertiary/aromatic N) is 3. The molecule has 1 aliphatic carbocycles. The van der Waals surface area contributed by atoms with Crippen LogP contribution in [0.2, 0.25) is 5.02 Å². The van der Waals surface area contributed by atoms with Gasteiger partial charge in [0.2, 0.25) is 11.8 Å². The number of amides is 2. The van der Waals surface area contributed by atoms with Gasteiger partial charge in [-0.25, -0.2) is 0 Å². The fourth-order valence-corrected chi connectivity index (χ4v) is 5.14. The lowest BCUT2D eigenvalue weighted by Gasteiger charge is -2.37. The number of hydrogen-bond donors (Lipinski definition) is 0. The highest BCUT2D eigenvalue weighted by atomic mass is 35.5. The predicted molar refractivity (Wildman–Crippen MR) is 148 cm³/mol. The zero-order valence-electron chi connectivity index (χ0n) is 22.8. The zero-order valence-corrected chi connectivity index (χ0v) is 23.6. The van der Waals surface area contributed by atoms with Crippen LogP contribution in [0.3, 0.4) is 0 Å². The second-order valence-corrected chi connectivity index (χ2v) is 12.1. The Kier molecular flexibility index (Phi) is 10.1. The first kappa shape index (κ1) is 28.3. The van der Waals surface area contributed by atoms with Crippen molar-refractivity contribution in [3.05, 3.63) is 58.9 Å². The summed E-state index contributed by atoms with van der Waals surface area (Å²) >= 11 is 6.43. The van der Waals surface area contributed by atoms with Crippen molar-refractivity contribution in [2.75, 3.05) is 13.1 Å². The van der Waals surface area contributed by atoms with Gasteiger partial charge in [-0.1, -0.05) is 83.7 Å². The second kappa shape index (κ2) is 12.8. The summed E-state index contributed by atoms with van der Waals surface area (Å²) < 4.78 is 2.18. The maximum atomic E-state index is 13.9. The molecule has 1 saturated carbocycles. The van der Waals surface area contributed by atoms with E-state index in [9.17, 15) is 9.59 Å². The summed E-state index contributed by atoms with van der Waals surface area (Å²) in [5, 5.41) is 0.749. The van der Waals surface area contributed by atoms with Crippen LogP contribution in [0.1, 0.15) is 84.4 Å². The molecule has 1 aliphatic rings. The zero-order chi connectivity index (χ0) is 26.3. The molecule has 0 spiro atoms. The molecule has 1 aromatic heterocycles. The van der Waals surface area contributed by atoms with Crippen molar-refractivity contribution in [3.8, 4) is 0 Å². The van der Waals surface area contributed by atoms with Crippen molar-refractivity contribution in [1.82, 2.24) is 14.4 Å². The van der Waals surface area contributed by atoms with Gasteiger partial charge in [0, 0.05) is 41.5 Å². The van der Waals surface area contributed by atoms with Crippen LogP contribution in [0.4, 0.5) is 0 Å². The van der Waals surface area contributed by atoms with E-state index in [-0.39, 0.29) is 24.4 Å². The van der Waals surface area contributed by atoms with Crippen LogP contribution < -0.4 is 0 Å². The summed E-state index contributed by atoms with van der Waals surface area (Å²) in [4.78, 5) is 31.0. The molecule has 5 nitrogen and oxygen atoms in total. The molecule has 3 rings (SSSR count). The molecule has 198 valence electrons. The standard InChI is InChI=1S/C30H44ClN3O2/c1-23(2)17-19-33(29(36)30(3,4)5)22-28(35)34(25-13-7-6-8-14-25)21-26-15-11-18-32(26)20-24-12-9-10-16-27(24)31/h9-12,15-16,18,23,25H,6-8,13-14,17,19-22H2,1-5H3.